The van der Waals surface area contributed by atoms with Gasteiger partial charge < -0.3 is 13.9 Å². The molecule has 0 unspecified atom stereocenters. The number of hydrogen-bond acceptors (Lipinski definition) is 5. The highest BCUT2D eigenvalue weighted by atomic mass is 19.1. The van der Waals surface area contributed by atoms with Crippen molar-refractivity contribution in [2.75, 3.05) is 0 Å². The zero-order valence-electron chi connectivity index (χ0n) is 11.6. The summed E-state index contributed by atoms with van der Waals surface area (Å²) in [4.78, 5) is 0. The lowest BCUT2D eigenvalue weighted by molar-refractivity contribution is 0.231. The number of halogens is 1. The smallest absolute Gasteiger partial charge is 0.254 e. The summed E-state index contributed by atoms with van der Waals surface area (Å²) in [6, 6.07) is 15.2. The fourth-order valence-corrected chi connectivity index (χ4v) is 1.77. The molecule has 0 aliphatic carbocycles. The molecule has 0 saturated heterocycles. The zero-order chi connectivity index (χ0) is 15.2. The molecule has 0 amide bonds. The lowest BCUT2D eigenvalue weighted by Gasteiger charge is -2.03. The third-order valence-electron chi connectivity index (χ3n) is 2.77. The Morgan fingerprint density at radius 1 is 0.818 bits per heavy atom. The second-order valence-electron chi connectivity index (χ2n) is 4.44. The van der Waals surface area contributed by atoms with Crippen LogP contribution in [0.1, 0.15) is 11.8 Å². The van der Waals surface area contributed by atoms with Crippen LogP contribution in [0.25, 0.3) is 0 Å². The van der Waals surface area contributed by atoms with Gasteiger partial charge in [0.05, 0.1) is 0 Å². The van der Waals surface area contributed by atoms with E-state index in [9.17, 15) is 4.39 Å². The number of ether oxygens (including phenoxy) is 2. The number of rotatable bonds is 6. The van der Waals surface area contributed by atoms with Gasteiger partial charge in [-0.1, -0.05) is 24.3 Å². The van der Waals surface area contributed by atoms with Gasteiger partial charge in [0.15, 0.2) is 13.2 Å². The summed E-state index contributed by atoms with van der Waals surface area (Å²) in [5.41, 5.74) is 0. The molecular formula is C16H13FN2O3. The Balaban J connectivity index is 1.53. The maximum Gasteiger partial charge on any atom is 0.254 e. The van der Waals surface area contributed by atoms with E-state index in [1.165, 1.54) is 12.1 Å². The van der Waals surface area contributed by atoms with Crippen LogP contribution in [-0.4, -0.2) is 10.2 Å². The van der Waals surface area contributed by atoms with E-state index in [0.29, 0.717) is 17.5 Å². The second kappa shape index (κ2) is 6.71. The molecular weight excluding hydrogens is 287 g/mol. The minimum absolute atomic E-state index is 0.0712. The van der Waals surface area contributed by atoms with Crippen LogP contribution >= 0.6 is 0 Å². The van der Waals surface area contributed by atoms with Crippen molar-refractivity contribution in [3.8, 4) is 11.5 Å². The Hall–Kier alpha value is -2.89. The predicted octanol–water partition coefficient (Wildman–Crippen LogP) is 3.37. The number of aromatic nitrogens is 2. The molecule has 1 aromatic heterocycles. The summed E-state index contributed by atoms with van der Waals surface area (Å²) < 4.78 is 29.3. The summed E-state index contributed by atoms with van der Waals surface area (Å²) in [6.45, 7) is 0.249. The third kappa shape index (κ3) is 3.82. The van der Waals surface area contributed by atoms with E-state index in [1.807, 2.05) is 30.3 Å². The molecule has 0 aliphatic heterocycles. The van der Waals surface area contributed by atoms with Crippen molar-refractivity contribution >= 4 is 0 Å². The number of hydrogen-bond donors (Lipinski definition) is 0. The Bertz CT molecular complexity index is 731. The Morgan fingerprint density at radius 3 is 2.14 bits per heavy atom. The summed E-state index contributed by atoms with van der Waals surface area (Å²) in [6.07, 6.45) is 0. The standard InChI is InChI=1S/C16H13FN2O3/c17-12-5-4-8-14(9-12)21-11-16-19-18-15(22-16)10-20-13-6-2-1-3-7-13/h1-9H,10-11H2. The Labute approximate surface area is 126 Å². The molecule has 6 heteroatoms. The highest BCUT2D eigenvalue weighted by Crippen LogP contribution is 2.14. The van der Waals surface area contributed by atoms with Crippen molar-refractivity contribution in [1.82, 2.24) is 10.2 Å². The van der Waals surface area contributed by atoms with E-state index in [-0.39, 0.29) is 19.0 Å². The first kappa shape index (κ1) is 14.1. The lowest BCUT2D eigenvalue weighted by atomic mass is 10.3. The van der Waals surface area contributed by atoms with E-state index < -0.39 is 0 Å². The van der Waals surface area contributed by atoms with Gasteiger partial charge in [-0.2, -0.15) is 0 Å². The molecule has 5 nitrogen and oxygen atoms in total. The summed E-state index contributed by atoms with van der Waals surface area (Å²) in [5.74, 6) is 1.41. The molecule has 0 fully saturated rings. The molecule has 0 bridgehead atoms. The molecule has 0 atom stereocenters. The molecule has 112 valence electrons. The Morgan fingerprint density at radius 2 is 1.45 bits per heavy atom. The van der Waals surface area contributed by atoms with Crippen LogP contribution in [-0.2, 0) is 13.2 Å². The van der Waals surface area contributed by atoms with Crippen LogP contribution < -0.4 is 9.47 Å². The topological polar surface area (TPSA) is 57.4 Å². The van der Waals surface area contributed by atoms with Crippen molar-refractivity contribution in [3.63, 3.8) is 0 Å². The average Bonchev–Trinajstić information content (AvgIpc) is 3.00. The van der Waals surface area contributed by atoms with E-state index >= 15 is 0 Å². The highest BCUT2D eigenvalue weighted by Gasteiger charge is 2.08. The van der Waals surface area contributed by atoms with Gasteiger partial charge in [0.2, 0.25) is 0 Å². The average molecular weight is 300 g/mol. The van der Waals surface area contributed by atoms with E-state index in [2.05, 4.69) is 10.2 Å². The predicted molar refractivity (Wildman–Crippen MR) is 75.8 cm³/mol. The van der Waals surface area contributed by atoms with Gasteiger partial charge in [0.25, 0.3) is 11.8 Å². The van der Waals surface area contributed by atoms with E-state index in [1.54, 1.807) is 12.1 Å². The largest absolute Gasteiger partial charge is 0.484 e. The monoisotopic (exact) mass is 300 g/mol. The summed E-state index contributed by atoms with van der Waals surface area (Å²) >= 11 is 0. The first-order chi connectivity index (χ1) is 10.8. The molecule has 0 saturated carbocycles. The zero-order valence-corrected chi connectivity index (χ0v) is 11.6. The maximum absolute atomic E-state index is 13.0. The highest BCUT2D eigenvalue weighted by molar-refractivity contribution is 5.22. The fourth-order valence-electron chi connectivity index (χ4n) is 1.77. The van der Waals surface area contributed by atoms with Crippen molar-refractivity contribution in [2.45, 2.75) is 13.2 Å². The number of nitrogens with zero attached hydrogens (tertiary/aromatic N) is 2. The van der Waals surface area contributed by atoms with Crippen molar-refractivity contribution in [3.05, 3.63) is 72.2 Å². The first-order valence-corrected chi connectivity index (χ1v) is 6.67. The second-order valence-corrected chi connectivity index (χ2v) is 4.44. The minimum atomic E-state index is -0.361. The van der Waals surface area contributed by atoms with Crippen molar-refractivity contribution in [1.29, 1.82) is 0 Å². The summed E-state index contributed by atoms with van der Waals surface area (Å²) in [7, 11) is 0. The number of benzene rings is 2. The van der Waals surface area contributed by atoms with Crippen molar-refractivity contribution < 1.29 is 18.3 Å². The Kier molecular flexibility index (Phi) is 4.29. The maximum atomic E-state index is 13.0. The van der Waals surface area contributed by atoms with Gasteiger partial charge in [-0.15, -0.1) is 10.2 Å². The van der Waals surface area contributed by atoms with Gasteiger partial charge in [0, 0.05) is 6.07 Å². The molecule has 3 aromatic rings. The third-order valence-corrected chi connectivity index (χ3v) is 2.77. The molecule has 22 heavy (non-hydrogen) atoms. The number of para-hydroxylation sites is 1. The molecule has 0 N–H and O–H groups in total. The van der Waals surface area contributed by atoms with Crippen LogP contribution in [0.15, 0.2) is 59.0 Å². The van der Waals surface area contributed by atoms with Gasteiger partial charge in [-0.3, -0.25) is 0 Å². The molecule has 0 spiro atoms. The molecule has 1 heterocycles. The van der Waals surface area contributed by atoms with E-state index in [0.717, 1.165) is 5.75 Å². The molecule has 0 radical (unpaired) electrons. The van der Waals surface area contributed by atoms with E-state index in [4.69, 9.17) is 13.9 Å². The van der Waals surface area contributed by atoms with Crippen LogP contribution in [0.2, 0.25) is 0 Å². The lowest BCUT2D eigenvalue weighted by Crippen LogP contribution is -1.96. The molecule has 2 aromatic carbocycles. The summed E-state index contributed by atoms with van der Waals surface area (Å²) in [5, 5.41) is 7.72. The normalized spacial score (nSPS) is 10.4. The van der Waals surface area contributed by atoms with Crippen LogP contribution in [0.3, 0.4) is 0 Å². The van der Waals surface area contributed by atoms with Gasteiger partial charge in [0.1, 0.15) is 17.3 Å². The van der Waals surface area contributed by atoms with Crippen LogP contribution in [0.4, 0.5) is 4.39 Å². The fraction of sp³-hybridized carbons (Fsp3) is 0.125. The van der Waals surface area contributed by atoms with Gasteiger partial charge in [-0.25, -0.2) is 4.39 Å². The van der Waals surface area contributed by atoms with Crippen LogP contribution in [0, 0.1) is 5.82 Å². The van der Waals surface area contributed by atoms with Crippen molar-refractivity contribution in [2.24, 2.45) is 0 Å². The van der Waals surface area contributed by atoms with Gasteiger partial charge >= 0.3 is 0 Å². The molecule has 3 rings (SSSR count). The first-order valence-electron chi connectivity index (χ1n) is 6.67. The van der Waals surface area contributed by atoms with Gasteiger partial charge in [-0.05, 0) is 24.3 Å². The minimum Gasteiger partial charge on any atom is -0.484 e. The van der Waals surface area contributed by atoms with Crippen LogP contribution in [0.5, 0.6) is 11.5 Å². The SMILES string of the molecule is Fc1cccc(OCc2nnc(COc3ccccc3)o2)c1. The molecule has 0 aliphatic rings. The quantitative estimate of drug-likeness (QED) is 0.698.